The van der Waals surface area contributed by atoms with Gasteiger partial charge < -0.3 is 200 Å². The Morgan fingerprint density at radius 3 is 1.08 bits per heavy atom. The first-order valence-corrected chi connectivity index (χ1v) is 49.1. The van der Waals surface area contributed by atoms with Crippen molar-refractivity contribution < 1.29 is 203 Å². The molecule has 0 aromatic rings. The van der Waals surface area contributed by atoms with Crippen molar-refractivity contribution in [1.82, 2.24) is 21.3 Å². The Bertz CT molecular complexity index is 3380. The number of carboxylic acids is 1. The summed E-state index contributed by atoms with van der Waals surface area (Å²) >= 11 is 0. The van der Waals surface area contributed by atoms with Crippen molar-refractivity contribution >= 4 is 29.6 Å². The van der Waals surface area contributed by atoms with E-state index in [1.807, 2.05) is 6.08 Å². The number of aliphatic carboxylic acids is 1. The minimum Gasteiger partial charge on any atom is -0.477 e. The van der Waals surface area contributed by atoms with Crippen LogP contribution in [0.5, 0.6) is 0 Å². The first-order chi connectivity index (χ1) is 65.1. The molecule has 792 valence electrons. The predicted octanol–water partition coefficient (Wildman–Crippen LogP) is -3.69. The van der Waals surface area contributed by atoms with Gasteiger partial charge in [0.2, 0.25) is 23.6 Å². The molecule has 0 aromatic carbocycles. The molecule has 7 saturated heterocycles. The number of hydrogen-bond acceptors (Lipinski definition) is 40. The Labute approximate surface area is 794 Å². The molecular formula is C91H162N4O41. The highest BCUT2D eigenvalue weighted by Gasteiger charge is 2.63. The zero-order valence-electron chi connectivity index (χ0n) is 79.1. The Morgan fingerprint density at radius 1 is 0.382 bits per heavy atom. The number of carbonyl (C=O) groups is 5. The van der Waals surface area contributed by atoms with E-state index in [9.17, 15) is 136 Å². The summed E-state index contributed by atoms with van der Waals surface area (Å²) < 4.78 is 83.0. The number of aliphatic hydroxyl groups is 21. The molecule has 4 amide bonds. The van der Waals surface area contributed by atoms with Crippen molar-refractivity contribution in [1.29, 1.82) is 0 Å². The minimum atomic E-state index is -3.25. The van der Waals surface area contributed by atoms with Crippen molar-refractivity contribution in [3.8, 4) is 0 Å². The van der Waals surface area contributed by atoms with Crippen LogP contribution in [0.3, 0.4) is 0 Å². The molecule has 45 heteroatoms. The van der Waals surface area contributed by atoms with E-state index in [0.717, 1.165) is 72.1 Å². The Morgan fingerprint density at radius 2 is 0.713 bits per heavy atom. The van der Waals surface area contributed by atoms with E-state index in [1.54, 1.807) is 6.08 Å². The highest BCUT2D eigenvalue weighted by atomic mass is 16.8. The van der Waals surface area contributed by atoms with Crippen LogP contribution in [0, 0.1) is 0 Å². The number of aliphatic hydroxyl groups excluding tert-OH is 21. The molecule has 0 bridgehead atoms. The highest BCUT2D eigenvalue weighted by molar-refractivity contribution is 5.77. The molecule has 7 heterocycles. The van der Waals surface area contributed by atoms with E-state index >= 15 is 0 Å². The van der Waals surface area contributed by atoms with Gasteiger partial charge in [-0.2, -0.15) is 0 Å². The van der Waals surface area contributed by atoms with Gasteiger partial charge in [-0.25, -0.2) is 4.79 Å². The summed E-state index contributed by atoms with van der Waals surface area (Å²) in [7, 11) is 0. The monoisotopic (exact) mass is 1970 g/mol. The van der Waals surface area contributed by atoms with Crippen LogP contribution in [0.4, 0.5) is 0 Å². The van der Waals surface area contributed by atoms with E-state index < -0.39 is 315 Å². The second-order valence-electron chi connectivity index (χ2n) is 37.0. The van der Waals surface area contributed by atoms with Gasteiger partial charge in [0.1, 0.15) is 165 Å². The summed E-state index contributed by atoms with van der Waals surface area (Å²) in [5, 5.41) is 258. The lowest BCUT2D eigenvalue weighted by atomic mass is 9.88. The zero-order valence-corrected chi connectivity index (χ0v) is 79.1. The van der Waals surface area contributed by atoms with Crippen molar-refractivity contribution in [2.45, 2.75) is 479 Å². The minimum absolute atomic E-state index is 0.153. The maximum Gasteiger partial charge on any atom is 0.364 e. The third kappa shape index (κ3) is 35.0. The summed E-state index contributed by atoms with van der Waals surface area (Å²) in [4.78, 5) is 65.1. The van der Waals surface area contributed by atoms with Crippen LogP contribution in [-0.2, 0) is 90.3 Å². The smallest absolute Gasteiger partial charge is 0.364 e. The molecule has 0 saturated carbocycles. The van der Waals surface area contributed by atoms with Gasteiger partial charge in [-0.1, -0.05) is 206 Å². The molecule has 45 nitrogen and oxygen atoms in total. The fourth-order valence-corrected chi connectivity index (χ4v) is 18.4. The Hall–Kier alpha value is -4.31. The van der Waals surface area contributed by atoms with Gasteiger partial charge in [0, 0.05) is 33.6 Å². The largest absolute Gasteiger partial charge is 0.477 e. The van der Waals surface area contributed by atoms with Gasteiger partial charge in [0.25, 0.3) is 5.79 Å². The van der Waals surface area contributed by atoms with Crippen LogP contribution in [0.1, 0.15) is 247 Å². The zero-order chi connectivity index (χ0) is 99.9. The molecule has 7 aliphatic heterocycles. The van der Waals surface area contributed by atoms with Crippen LogP contribution >= 0.6 is 0 Å². The standard InChI is InChI=1S/C91H162N4O41/c1-6-8-10-12-14-16-18-20-21-22-23-24-25-27-29-31-33-35-37-39-62(109)95-52(53(106)38-36-34-32-30-28-26-19-17-15-13-11-9-7-2)48-123-86-73(117)72(116)79(61(47-102)129-86)132-88-75(119)82(68(112)57(43-98)125-88)134-84-64(93-50(4)104)70(114)77(59(45-100)127-84)130-87-74(118)81(67(111)56(42-97)124-87)133-85-65(94-51(5)105)71(115)78(60(46-101)128-85)131-89-76(120)83(69(113)58(44-99)126-89)136-91(90(121)122)40-54(107)63(92-49(3)103)80(135-91)66(110)55(108)41-96/h36,38,52-61,63-89,96-102,106-108,110-120H,6-35,37,39-48H2,1-5H3,(H,92,103)(H,93,104)(H,94,105)(H,95,109)(H,121,122)/b38-36+/t52-,53+,54?,55+,56?,57?,58?,59?,60?,61?,63+,64?,65?,66+,67-,68-,69-,70+,71+,72+,73?,74?,75?,76?,77+,78+,79+,80?,81-,82-,83-,84-,85+,86+,87-,88-,89-,91-/m0/s1. The summed E-state index contributed by atoms with van der Waals surface area (Å²) in [5.74, 6) is -8.44. The lowest BCUT2D eigenvalue weighted by Crippen LogP contribution is -2.71. The fourth-order valence-electron chi connectivity index (χ4n) is 18.4. The van der Waals surface area contributed by atoms with E-state index in [4.69, 9.17) is 66.3 Å². The van der Waals surface area contributed by atoms with Gasteiger partial charge in [-0.3, -0.25) is 19.2 Å². The van der Waals surface area contributed by atoms with Gasteiger partial charge in [-0.15, -0.1) is 0 Å². The second-order valence-corrected chi connectivity index (χ2v) is 37.0. The predicted molar refractivity (Wildman–Crippen MR) is 474 cm³/mol. The number of allylic oxidation sites excluding steroid dienone is 1. The SMILES string of the molecule is CCCCCCCCCCCCC/C=C/[C@@H](O)[C@H](CO[C@@H]1OC(CO)[C@@H](O[C@@H]2OC(CO)[C@H](O)[C@H](O[C@@H]3OC(CO)[C@@H](O[C@@H]4OC(CO)[C@H](O)[C@H](O[C@H]5OC(CO)[C@@H](O[C@@H]6OC(CO)[C@H](O)[C@H](O[C@]7(C(=O)O)CC(O)[C@@H](NC(C)=O)C([C@H](O)[C@H](O)CO)O7)C6O)[C@H](O)C5NC(C)=O)C4O)[C@H](O)C3NC(C)=O)C2O)[C@H](O)C1O)NC(=O)CCCCCCCCCCCCCCCCCCCCC. The van der Waals surface area contributed by atoms with Crippen LogP contribution in [0.25, 0.3) is 0 Å². The molecule has 7 fully saturated rings. The fraction of sp³-hybridized carbons (Fsp3) is 0.923. The molecule has 7 aliphatic rings. The van der Waals surface area contributed by atoms with Crippen molar-refractivity contribution in [2.24, 2.45) is 0 Å². The third-order valence-electron chi connectivity index (χ3n) is 26.2. The number of carbonyl (C=O) groups excluding carboxylic acids is 4. The van der Waals surface area contributed by atoms with Crippen molar-refractivity contribution in [3.05, 3.63) is 12.2 Å². The van der Waals surface area contributed by atoms with Gasteiger partial charge in [0.05, 0.1) is 77.1 Å². The average molecular weight is 1970 g/mol. The molecule has 26 N–H and O–H groups in total. The van der Waals surface area contributed by atoms with Gasteiger partial charge in [0.15, 0.2) is 37.7 Å². The lowest BCUT2D eigenvalue weighted by Gasteiger charge is -2.51. The molecule has 38 atom stereocenters. The number of ether oxygens (including phenoxy) is 14. The van der Waals surface area contributed by atoms with Crippen LogP contribution in [0.15, 0.2) is 12.2 Å². The van der Waals surface area contributed by atoms with E-state index in [-0.39, 0.29) is 12.3 Å². The van der Waals surface area contributed by atoms with Crippen LogP contribution in [-0.4, -0.2) is 427 Å². The Balaban J connectivity index is 0.991. The van der Waals surface area contributed by atoms with Crippen molar-refractivity contribution in [3.63, 3.8) is 0 Å². The Kier molecular flexibility index (Phi) is 53.9. The van der Waals surface area contributed by atoms with E-state index in [1.165, 1.54) is 135 Å². The lowest BCUT2D eigenvalue weighted by molar-refractivity contribution is -0.391. The van der Waals surface area contributed by atoms with Crippen LogP contribution < -0.4 is 21.3 Å². The van der Waals surface area contributed by atoms with Crippen LogP contribution in [0.2, 0.25) is 0 Å². The third-order valence-corrected chi connectivity index (χ3v) is 26.2. The summed E-state index contributed by atoms with van der Waals surface area (Å²) in [6.07, 6.45) is -29.7. The molecule has 136 heavy (non-hydrogen) atoms. The summed E-state index contributed by atoms with van der Waals surface area (Å²) in [5.41, 5.74) is 0. The normalized spacial score (nSPS) is 36.6. The number of nitrogens with one attached hydrogen (secondary N) is 4. The number of carboxylic acid groups (broad SMARTS) is 1. The number of rotatable bonds is 63. The van der Waals surface area contributed by atoms with Gasteiger partial charge >= 0.3 is 5.97 Å². The molecule has 0 radical (unpaired) electrons. The summed E-state index contributed by atoms with van der Waals surface area (Å²) in [6, 6.07) is -6.68. The second kappa shape index (κ2) is 61.7. The van der Waals surface area contributed by atoms with Crippen molar-refractivity contribution in [2.75, 3.05) is 52.9 Å². The molecule has 0 aromatic heterocycles. The molecular weight excluding hydrogens is 1800 g/mol. The first-order valence-electron chi connectivity index (χ1n) is 49.1. The number of unbranched alkanes of at least 4 members (excludes halogenated alkanes) is 29. The van der Waals surface area contributed by atoms with E-state index in [2.05, 4.69) is 35.1 Å². The molecule has 7 rings (SSSR count). The molecule has 0 aliphatic carbocycles. The molecule has 14 unspecified atom stereocenters. The first kappa shape index (κ1) is 119. The van der Waals surface area contributed by atoms with Gasteiger partial charge in [-0.05, 0) is 19.3 Å². The highest BCUT2D eigenvalue weighted by Crippen LogP contribution is 2.42. The number of hydrogen-bond donors (Lipinski definition) is 26. The maximum absolute atomic E-state index is 13.6. The summed E-state index contributed by atoms with van der Waals surface area (Å²) in [6.45, 7) is -0.969. The molecule has 0 spiro atoms. The average Bonchev–Trinajstić information content (AvgIpc) is 0.748. The maximum atomic E-state index is 13.6. The number of amides is 4. The quantitative estimate of drug-likeness (QED) is 0.0206. The van der Waals surface area contributed by atoms with E-state index in [0.29, 0.717) is 12.8 Å². The topological polar surface area (TPSA) is 708 Å².